The van der Waals surface area contributed by atoms with Crippen molar-refractivity contribution in [3.8, 4) is 0 Å². The lowest BCUT2D eigenvalue weighted by Gasteiger charge is -2.26. The molecule has 3 amide bonds. The van der Waals surface area contributed by atoms with Crippen molar-refractivity contribution in [2.24, 2.45) is 5.73 Å². The van der Waals surface area contributed by atoms with Crippen molar-refractivity contribution in [2.45, 2.75) is 67.0 Å². The van der Waals surface area contributed by atoms with Crippen LogP contribution >= 0.6 is 39.1 Å². The van der Waals surface area contributed by atoms with Crippen LogP contribution in [-0.2, 0) is 20.9 Å². The smallest absolute Gasteiger partial charge is 0.410 e. The molecule has 0 radical (unpaired) electrons. The van der Waals surface area contributed by atoms with E-state index in [-0.39, 0.29) is 33.5 Å². The van der Waals surface area contributed by atoms with E-state index < -0.39 is 23.5 Å². The molecule has 0 saturated heterocycles. The van der Waals surface area contributed by atoms with Gasteiger partial charge in [-0.3, -0.25) is 19.5 Å². The van der Waals surface area contributed by atoms with E-state index in [0.29, 0.717) is 28.7 Å². The third-order valence-corrected chi connectivity index (χ3v) is 6.68. The Labute approximate surface area is 259 Å². The van der Waals surface area contributed by atoms with Gasteiger partial charge in [0.2, 0.25) is 0 Å². The molecule has 1 aromatic carbocycles. The van der Waals surface area contributed by atoms with Gasteiger partial charge in [-0.25, -0.2) is 4.79 Å². The highest BCUT2D eigenvalue weighted by atomic mass is 79.9. The molecule has 41 heavy (non-hydrogen) atoms. The number of carbonyl (C=O) groups excluding carboxylic acids is 3. The van der Waals surface area contributed by atoms with Crippen molar-refractivity contribution in [1.82, 2.24) is 9.88 Å². The number of benzene rings is 1. The predicted molar refractivity (Wildman–Crippen MR) is 168 cm³/mol. The maximum Gasteiger partial charge on any atom is 0.410 e. The molecule has 2 aromatic rings. The average molecular weight is 669 g/mol. The summed E-state index contributed by atoms with van der Waals surface area (Å²) < 4.78 is 6.10. The Balaban J connectivity index is 2.40. The number of nitrogens with two attached hydrogens (primary N) is 1. The molecule has 0 spiro atoms. The zero-order valence-corrected chi connectivity index (χ0v) is 27.4. The molecule has 0 saturated carbocycles. The highest BCUT2D eigenvalue weighted by Gasteiger charge is 2.29. The Hall–Kier alpha value is -3.08. The summed E-state index contributed by atoms with van der Waals surface area (Å²) in [6, 6.07) is 4.86. The number of hydrogen-bond acceptors (Lipinski definition) is 6. The fourth-order valence-corrected chi connectivity index (χ4v) is 4.95. The number of rotatable bonds is 9. The molecular formula is C29H36BrCl2N5O4. The van der Waals surface area contributed by atoms with Gasteiger partial charge in [-0.2, -0.15) is 0 Å². The number of anilines is 2. The molecule has 0 aliphatic heterocycles. The second-order valence-corrected chi connectivity index (χ2v) is 12.0. The van der Waals surface area contributed by atoms with Crippen molar-refractivity contribution in [1.29, 1.82) is 0 Å². The molecule has 0 aliphatic carbocycles. The lowest BCUT2D eigenvalue weighted by molar-refractivity contribution is -0.119. The van der Waals surface area contributed by atoms with E-state index in [9.17, 15) is 14.4 Å². The third kappa shape index (κ3) is 9.76. The summed E-state index contributed by atoms with van der Waals surface area (Å²) in [6.07, 6.45) is 4.76. The fraction of sp³-hybridized carbons (Fsp3) is 0.379. The number of nitrogens with zero attached hydrogens (tertiary/aromatic N) is 3. The quantitative estimate of drug-likeness (QED) is 0.163. The molecule has 3 N–H and O–H groups in total. The van der Waals surface area contributed by atoms with Crippen LogP contribution in [0.5, 0.6) is 0 Å². The molecule has 0 fully saturated rings. The van der Waals surface area contributed by atoms with E-state index in [1.807, 2.05) is 20.8 Å². The van der Waals surface area contributed by atoms with Crippen LogP contribution in [0.15, 0.2) is 58.1 Å². The van der Waals surface area contributed by atoms with Crippen LogP contribution in [0.2, 0.25) is 10.0 Å². The minimum Gasteiger partial charge on any atom is -0.444 e. The van der Waals surface area contributed by atoms with E-state index in [4.69, 9.17) is 33.7 Å². The number of pyridine rings is 1. The van der Waals surface area contributed by atoms with Gasteiger partial charge in [0, 0.05) is 29.1 Å². The molecule has 2 rings (SSSR count). The van der Waals surface area contributed by atoms with Gasteiger partial charge >= 0.3 is 6.09 Å². The Morgan fingerprint density at radius 3 is 2.22 bits per heavy atom. The van der Waals surface area contributed by atoms with Crippen LogP contribution in [0.4, 0.5) is 16.2 Å². The normalized spacial score (nSPS) is 12.4. The van der Waals surface area contributed by atoms with Crippen molar-refractivity contribution >= 4 is 68.4 Å². The number of halogens is 3. The van der Waals surface area contributed by atoms with Crippen molar-refractivity contribution in [3.63, 3.8) is 0 Å². The molecule has 12 heteroatoms. The molecule has 222 valence electrons. The van der Waals surface area contributed by atoms with Crippen LogP contribution in [0.1, 0.15) is 60.5 Å². The Morgan fingerprint density at radius 2 is 1.71 bits per heavy atom. The average Bonchev–Trinajstić information content (AvgIpc) is 2.84. The standard InChI is InChI=1S/C29H36BrCl2N5O4/c1-8-17(3)15-37(25-22(31)11-20(30)12-23(25)32)27(39)24(18(4)33)26(38)35-21-10-19(13-34-14-21)16-36(9-2)28(40)41-29(5,6)7/h10-15H,8-9,16,33H2,1-7H3,(H,35,38)/b17-15+,24-18+. The first-order valence-electron chi connectivity index (χ1n) is 12.9. The van der Waals surface area contributed by atoms with Gasteiger partial charge in [0.25, 0.3) is 11.8 Å². The Morgan fingerprint density at radius 1 is 1.10 bits per heavy atom. The molecular weight excluding hydrogens is 633 g/mol. The maximum absolute atomic E-state index is 13.9. The zero-order chi connectivity index (χ0) is 31.1. The predicted octanol–water partition coefficient (Wildman–Crippen LogP) is 7.43. The Bertz CT molecular complexity index is 1340. The highest BCUT2D eigenvalue weighted by molar-refractivity contribution is 9.10. The number of aromatic nitrogens is 1. The molecule has 1 heterocycles. The maximum atomic E-state index is 13.9. The summed E-state index contributed by atoms with van der Waals surface area (Å²) in [7, 11) is 0. The van der Waals surface area contributed by atoms with E-state index in [0.717, 1.165) is 5.57 Å². The largest absolute Gasteiger partial charge is 0.444 e. The zero-order valence-electron chi connectivity index (χ0n) is 24.3. The fourth-order valence-electron chi connectivity index (χ4n) is 3.55. The number of allylic oxidation sites excluding steroid dienone is 2. The second kappa shape index (κ2) is 14.7. The summed E-state index contributed by atoms with van der Waals surface area (Å²) >= 11 is 16.3. The van der Waals surface area contributed by atoms with Gasteiger partial charge in [-0.1, -0.05) is 51.6 Å². The topological polar surface area (TPSA) is 118 Å². The van der Waals surface area contributed by atoms with E-state index >= 15 is 0 Å². The SMILES string of the molecule is CC/C(C)=C/N(C(=O)/C(C(=O)Nc1cncc(CN(CC)C(=O)OC(C)(C)C)c1)=C(\C)N)c1c(Cl)cc(Br)cc1Cl. The summed E-state index contributed by atoms with van der Waals surface area (Å²) in [4.78, 5) is 46.8. The van der Waals surface area contributed by atoms with Gasteiger partial charge in [0.15, 0.2) is 0 Å². The monoisotopic (exact) mass is 667 g/mol. The minimum atomic E-state index is -0.745. The van der Waals surface area contributed by atoms with Crippen LogP contribution in [-0.4, -0.2) is 39.9 Å². The van der Waals surface area contributed by atoms with E-state index in [1.165, 1.54) is 22.9 Å². The van der Waals surface area contributed by atoms with Crippen LogP contribution < -0.4 is 16.0 Å². The lowest BCUT2D eigenvalue weighted by Crippen LogP contribution is -2.36. The number of nitrogens with one attached hydrogen (secondary N) is 1. The second-order valence-electron chi connectivity index (χ2n) is 10.3. The van der Waals surface area contributed by atoms with Gasteiger partial charge in [-0.15, -0.1) is 0 Å². The lowest BCUT2D eigenvalue weighted by atomic mass is 10.1. The first kappa shape index (κ1) is 34.1. The van der Waals surface area contributed by atoms with Crippen LogP contribution in [0, 0.1) is 0 Å². The molecule has 0 unspecified atom stereocenters. The number of hydrogen-bond donors (Lipinski definition) is 2. The number of amides is 3. The van der Waals surface area contributed by atoms with Crippen molar-refractivity contribution in [3.05, 3.63) is 73.7 Å². The summed E-state index contributed by atoms with van der Waals surface area (Å²) in [6.45, 7) is 13.0. The van der Waals surface area contributed by atoms with Crippen molar-refractivity contribution < 1.29 is 19.1 Å². The van der Waals surface area contributed by atoms with E-state index in [1.54, 1.807) is 51.4 Å². The molecule has 0 atom stereocenters. The van der Waals surface area contributed by atoms with E-state index in [2.05, 4.69) is 26.2 Å². The minimum absolute atomic E-state index is 0.00407. The molecule has 0 bridgehead atoms. The summed E-state index contributed by atoms with van der Waals surface area (Å²) in [5.74, 6) is -1.46. The first-order chi connectivity index (χ1) is 19.1. The number of carbonyl (C=O) groups is 3. The van der Waals surface area contributed by atoms with Gasteiger partial charge in [-0.05, 0) is 71.7 Å². The van der Waals surface area contributed by atoms with Crippen LogP contribution in [0.3, 0.4) is 0 Å². The highest BCUT2D eigenvalue weighted by Crippen LogP contribution is 2.38. The number of ether oxygens (including phenoxy) is 1. The third-order valence-electron chi connectivity index (χ3n) is 5.64. The van der Waals surface area contributed by atoms with Gasteiger partial charge in [0.1, 0.15) is 11.2 Å². The summed E-state index contributed by atoms with van der Waals surface area (Å²) in [5, 5.41) is 3.11. The molecule has 0 aliphatic rings. The van der Waals surface area contributed by atoms with Gasteiger partial charge in [0.05, 0.1) is 34.2 Å². The van der Waals surface area contributed by atoms with Crippen LogP contribution in [0.25, 0.3) is 0 Å². The van der Waals surface area contributed by atoms with Crippen molar-refractivity contribution in [2.75, 3.05) is 16.8 Å². The molecule has 9 nitrogen and oxygen atoms in total. The summed E-state index contributed by atoms with van der Waals surface area (Å²) in [5.41, 5.74) is 7.14. The first-order valence-corrected chi connectivity index (χ1v) is 14.5. The molecule has 1 aromatic heterocycles. The van der Waals surface area contributed by atoms with Gasteiger partial charge < -0.3 is 20.7 Å². The Kier molecular flexibility index (Phi) is 12.2.